The fourth-order valence-corrected chi connectivity index (χ4v) is 3.94. The third-order valence-corrected chi connectivity index (χ3v) is 5.54. The first kappa shape index (κ1) is 22.2. The predicted octanol–water partition coefficient (Wildman–Crippen LogP) is 4.68. The fraction of sp³-hybridized carbons (Fsp3) is 0.231. The summed E-state index contributed by atoms with van der Waals surface area (Å²) in [6.07, 6.45) is 0. The molecule has 1 saturated heterocycles. The van der Waals surface area contributed by atoms with Crippen molar-refractivity contribution in [3.63, 3.8) is 0 Å². The number of benzene rings is 2. The molecule has 1 aliphatic heterocycles. The highest BCUT2D eigenvalue weighted by Gasteiger charge is 2.48. The topological polar surface area (TPSA) is 83.2 Å². The minimum absolute atomic E-state index is 0.0281. The Balaban J connectivity index is 1.87. The van der Waals surface area contributed by atoms with Crippen molar-refractivity contribution in [2.45, 2.75) is 19.9 Å². The highest BCUT2D eigenvalue weighted by molar-refractivity contribution is 6.51. The van der Waals surface area contributed by atoms with Crippen molar-refractivity contribution in [2.75, 3.05) is 30.5 Å². The summed E-state index contributed by atoms with van der Waals surface area (Å²) in [5.41, 5.74) is 1.84. The predicted molar refractivity (Wildman–Crippen MR) is 127 cm³/mol. The molecule has 1 amide bonds. The molecular formula is C26H26N2O5. The largest absolute Gasteiger partial charge is 0.507 e. The number of ketones is 1. The molecule has 170 valence electrons. The van der Waals surface area contributed by atoms with Gasteiger partial charge in [-0.3, -0.25) is 14.5 Å². The number of rotatable bonds is 6. The number of carbonyl (C=O) groups excluding carboxylic acids is 2. The number of aliphatic hydroxyl groups is 1. The minimum Gasteiger partial charge on any atom is -0.507 e. The second-order valence-electron chi connectivity index (χ2n) is 7.99. The fourth-order valence-electron chi connectivity index (χ4n) is 3.94. The molecule has 1 unspecified atom stereocenters. The lowest BCUT2D eigenvalue weighted by atomic mass is 9.99. The summed E-state index contributed by atoms with van der Waals surface area (Å²) in [7, 11) is 3.84. The first-order chi connectivity index (χ1) is 15.8. The number of nitrogens with zero attached hydrogens (tertiary/aromatic N) is 2. The monoisotopic (exact) mass is 446 g/mol. The summed E-state index contributed by atoms with van der Waals surface area (Å²) in [6.45, 7) is 4.11. The van der Waals surface area contributed by atoms with Crippen molar-refractivity contribution in [1.82, 2.24) is 0 Å². The molecule has 0 saturated carbocycles. The Kier molecular flexibility index (Phi) is 5.96. The zero-order chi connectivity index (χ0) is 23.7. The van der Waals surface area contributed by atoms with Gasteiger partial charge in [0.25, 0.3) is 11.7 Å². The third-order valence-electron chi connectivity index (χ3n) is 5.54. The van der Waals surface area contributed by atoms with Crippen molar-refractivity contribution >= 4 is 28.8 Å². The Hall–Kier alpha value is -4.00. The summed E-state index contributed by atoms with van der Waals surface area (Å²) in [5, 5.41) is 11.2. The molecule has 0 spiro atoms. The zero-order valence-corrected chi connectivity index (χ0v) is 19.0. The van der Waals surface area contributed by atoms with E-state index in [2.05, 4.69) is 0 Å². The average molecular weight is 447 g/mol. The lowest BCUT2D eigenvalue weighted by Gasteiger charge is -2.24. The standard InChI is InChI=1S/C26H26N2O5/c1-5-32-20-8-6-7-17(15-20)24(29)22-23(21-14-9-16(2)33-21)28(26(31)25(22)30)19-12-10-18(11-13-19)27(3)4/h6-15,23,29H,5H2,1-4H3/b24-22-. The van der Waals surface area contributed by atoms with Gasteiger partial charge in [-0.25, -0.2) is 0 Å². The Morgan fingerprint density at radius 1 is 1.09 bits per heavy atom. The Morgan fingerprint density at radius 2 is 1.82 bits per heavy atom. The summed E-state index contributed by atoms with van der Waals surface area (Å²) in [4.78, 5) is 29.7. The van der Waals surface area contributed by atoms with E-state index in [1.165, 1.54) is 4.90 Å². The van der Waals surface area contributed by atoms with Gasteiger partial charge in [-0.1, -0.05) is 12.1 Å². The first-order valence-electron chi connectivity index (χ1n) is 10.7. The van der Waals surface area contributed by atoms with Crippen LogP contribution in [0.5, 0.6) is 5.75 Å². The highest BCUT2D eigenvalue weighted by atomic mass is 16.5. The van der Waals surface area contributed by atoms with Gasteiger partial charge < -0.3 is 19.2 Å². The number of furan rings is 1. The molecule has 7 heteroatoms. The van der Waals surface area contributed by atoms with Crippen LogP contribution in [0.4, 0.5) is 11.4 Å². The molecule has 0 bridgehead atoms. The van der Waals surface area contributed by atoms with E-state index < -0.39 is 17.7 Å². The maximum absolute atomic E-state index is 13.2. The van der Waals surface area contributed by atoms with E-state index in [1.807, 2.05) is 38.1 Å². The molecule has 33 heavy (non-hydrogen) atoms. The van der Waals surface area contributed by atoms with E-state index in [1.54, 1.807) is 55.5 Å². The lowest BCUT2D eigenvalue weighted by molar-refractivity contribution is -0.132. The molecule has 3 aromatic rings. The van der Waals surface area contributed by atoms with E-state index in [0.717, 1.165) is 5.69 Å². The van der Waals surface area contributed by atoms with Crippen molar-refractivity contribution in [2.24, 2.45) is 0 Å². The van der Waals surface area contributed by atoms with Crippen LogP contribution in [-0.4, -0.2) is 37.5 Å². The molecule has 1 N–H and O–H groups in total. The van der Waals surface area contributed by atoms with E-state index in [9.17, 15) is 14.7 Å². The lowest BCUT2D eigenvalue weighted by Crippen LogP contribution is -2.29. The number of carbonyl (C=O) groups is 2. The first-order valence-corrected chi connectivity index (χ1v) is 10.7. The van der Waals surface area contributed by atoms with Gasteiger partial charge in [0, 0.05) is 31.0 Å². The van der Waals surface area contributed by atoms with Crippen molar-refractivity contribution < 1.29 is 23.8 Å². The molecule has 1 fully saturated rings. The number of hydrogen-bond acceptors (Lipinski definition) is 6. The van der Waals surface area contributed by atoms with Crippen LogP contribution in [0.2, 0.25) is 0 Å². The second-order valence-corrected chi connectivity index (χ2v) is 7.99. The number of anilines is 2. The molecular weight excluding hydrogens is 420 g/mol. The normalized spacial score (nSPS) is 17.5. The smallest absolute Gasteiger partial charge is 0.300 e. The molecule has 1 atom stereocenters. The average Bonchev–Trinajstić information content (AvgIpc) is 3.34. The van der Waals surface area contributed by atoms with Crippen molar-refractivity contribution in [3.05, 3.63) is 83.3 Å². The van der Waals surface area contributed by atoms with E-state index >= 15 is 0 Å². The molecule has 1 aromatic heterocycles. The van der Waals surface area contributed by atoms with Crippen LogP contribution < -0.4 is 14.5 Å². The van der Waals surface area contributed by atoms with Crippen molar-refractivity contribution in [1.29, 1.82) is 0 Å². The number of Topliss-reactive ketones (excluding diaryl/α,β-unsaturated/α-hetero) is 1. The van der Waals surface area contributed by atoms with Gasteiger partial charge in [-0.2, -0.15) is 0 Å². The van der Waals surface area contributed by atoms with Gasteiger partial charge in [-0.15, -0.1) is 0 Å². The number of ether oxygens (including phenoxy) is 1. The zero-order valence-electron chi connectivity index (χ0n) is 19.0. The van der Waals surface area contributed by atoms with Gasteiger partial charge in [0.05, 0.1) is 12.2 Å². The van der Waals surface area contributed by atoms with Crippen LogP contribution in [0, 0.1) is 6.92 Å². The second kappa shape index (κ2) is 8.86. The van der Waals surface area contributed by atoms with Crippen LogP contribution in [0.1, 0.15) is 30.0 Å². The number of hydrogen-bond donors (Lipinski definition) is 1. The quantitative estimate of drug-likeness (QED) is 0.336. The van der Waals surface area contributed by atoms with Crippen LogP contribution >= 0.6 is 0 Å². The van der Waals surface area contributed by atoms with Crippen LogP contribution in [0.25, 0.3) is 5.76 Å². The molecule has 0 radical (unpaired) electrons. The molecule has 7 nitrogen and oxygen atoms in total. The maximum Gasteiger partial charge on any atom is 0.300 e. The van der Waals surface area contributed by atoms with Gasteiger partial charge >= 0.3 is 0 Å². The van der Waals surface area contributed by atoms with E-state index in [-0.39, 0.29) is 11.3 Å². The number of amides is 1. The number of aryl methyl sites for hydroxylation is 1. The summed E-state index contributed by atoms with van der Waals surface area (Å²) in [6, 6.07) is 16.7. The van der Waals surface area contributed by atoms with Crippen molar-refractivity contribution in [3.8, 4) is 5.75 Å². The molecule has 4 rings (SSSR count). The highest BCUT2D eigenvalue weighted by Crippen LogP contribution is 2.43. The summed E-state index contributed by atoms with van der Waals surface area (Å²) < 4.78 is 11.4. The van der Waals surface area contributed by atoms with Gasteiger partial charge in [-0.05, 0) is 62.4 Å². The Bertz CT molecular complexity index is 1220. The van der Waals surface area contributed by atoms with Gasteiger partial charge in [0.1, 0.15) is 29.1 Å². The third kappa shape index (κ3) is 4.09. The van der Waals surface area contributed by atoms with E-state index in [4.69, 9.17) is 9.15 Å². The minimum atomic E-state index is -0.903. The van der Waals surface area contributed by atoms with Crippen LogP contribution in [-0.2, 0) is 9.59 Å². The summed E-state index contributed by atoms with van der Waals surface area (Å²) in [5.74, 6) is -0.191. The SMILES string of the molecule is CCOc1cccc(/C(O)=C2/C(=O)C(=O)N(c3ccc(N(C)C)cc3)C2c2ccc(C)o2)c1. The summed E-state index contributed by atoms with van der Waals surface area (Å²) >= 11 is 0. The van der Waals surface area contributed by atoms with Crippen LogP contribution in [0.15, 0.2) is 70.7 Å². The molecule has 2 aromatic carbocycles. The van der Waals surface area contributed by atoms with Gasteiger partial charge in [0.15, 0.2) is 0 Å². The van der Waals surface area contributed by atoms with E-state index in [0.29, 0.717) is 35.1 Å². The Labute approximate surface area is 192 Å². The van der Waals surface area contributed by atoms with Crippen LogP contribution in [0.3, 0.4) is 0 Å². The maximum atomic E-state index is 13.2. The molecule has 2 heterocycles. The number of aliphatic hydroxyl groups excluding tert-OH is 1. The Morgan fingerprint density at radius 3 is 2.42 bits per heavy atom. The molecule has 1 aliphatic rings. The van der Waals surface area contributed by atoms with Gasteiger partial charge in [0.2, 0.25) is 0 Å². The molecule has 0 aliphatic carbocycles.